The highest BCUT2D eigenvalue weighted by atomic mass is 16.3. The molecule has 4 unspecified atom stereocenters. The van der Waals surface area contributed by atoms with Gasteiger partial charge in [0, 0.05) is 34.7 Å². The Morgan fingerprint density at radius 3 is 2.09 bits per heavy atom. The third-order valence-electron chi connectivity index (χ3n) is 7.86. The molecule has 1 aliphatic rings. The van der Waals surface area contributed by atoms with Gasteiger partial charge in [-0.15, -0.1) is 0 Å². The van der Waals surface area contributed by atoms with Crippen molar-refractivity contribution in [2.75, 3.05) is 0 Å². The molecule has 1 heterocycles. The first-order valence-corrected chi connectivity index (χ1v) is 12.7. The van der Waals surface area contributed by atoms with Gasteiger partial charge in [-0.25, -0.2) is 0 Å². The van der Waals surface area contributed by atoms with Crippen LogP contribution in [-0.4, -0.2) is 27.0 Å². The Morgan fingerprint density at radius 2 is 1.37 bits per heavy atom. The Hall–Kier alpha value is -3.40. The Bertz CT molecular complexity index is 1470. The maximum Gasteiger partial charge on any atom is 0.0617 e. The fourth-order valence-corrected chi connectivity index (χ4v) is 6.28. The summed E-state index contributed by atoms with van der Waals surface area (Å²) in [7, 11) is 0. The lowest BCUT2D eigenvalue weighted by Crippen LogP contribution is -2.38. The number of rotatable bonds is 4. The topological polar surface area (TPSA) is 45.4 Å². The Balaban J connectivity index is 1.59. The molecule has 0 amide bonds. The van der Waals surface area contributed by atoms with Crippen molar-refractivity contribution in [1.29, 1.82) is 0 Å². The average Bonchev–Trinajstić information content (AvgIpc) is 3.24. The molecule has 0 aliphatic heterocycles. The van der Waals surface area contributed by atoms with E-state index >= 15 is 0 Å². The van der Waals surface area contributed by atoms with Crippen LogP contribution in [0.4, 0.5) is 0 Å². The lowest BCUT2D eigenvalue weighted by atomic mass is 9.69. The van der Waals surface area contributed by atoms with Crippen LogP contribution in [0.3, 0.4) is 0 Å². The van der Waals surface area contributed by atoms with Crippen molar-refractivity contribution in [2.45, 2.75) is 50.4 Å². The van der Waals surface area contributed by atoms with Crippen LogP contribution in [0.1, 0.15) is 42.7 Å². The highest BCUT2D eigenvalue weighted by Crippen LogP contribution is 2.47. The normalized spacial score (nSPS) is 22.6. The maximum absolute atomic E-state index is 11.3. The van der Waals surface area contributed by atoms with E-state index < -0.39 is 12.2 Å². The van der Waals surface area contributed by atoms with Crippen molar-refractivity contribution in [1.82, 2.24) is 4.57 Å². The molecule has 6 rings (SSSR count). The summed E-state index contributed by atoms with van der Waals surface area (Å²) in [6.07, 6.45) is 0.239. The number of aryl methyl sites for hydroxylation is 1. The second kappa shape index (κ2) is 8.99. The standard InChI is InChI=1S/C32H31NO2/c1-2-33-27-20-23(21-10-5-3-6-11-21)16-17-24(27)25-14-9-15-26(32(25)33)31-29(35)19-18-28(34)30(31)22-12-7-4-8-13-22/h3-17,20,28-31,34-35H,2,18-19H2,1H3. The average molecular weight is 462 g/mol. The predicted molar refractivity (Wildman–Crippen MR) is 144 cm³/mol. The number of para-hydroxylation sites is 1. The summed E-state index contributed by atoms with van der Waals surface area (Å²) in [6.45, 7) is 3.02. The molecule has 0 bridgehead atoms. The Kier molecular flexibility index (Phi) is 5.68. The summed E-state index contributed by atoms with van der Waals surface area (Å²) in [6, 6.07) is 33.9. The number of aliphatic hydroxyl groups excluding tert-OH is 2. The minimum absolute atomic E-state index is 0.145. The van der Waals surface area contributed by atoms with Crippen molar-refractivity contribution in [3.8, 4) is 11.1 Å². The number of nitrogens with zero attached hydrogens (tertiary/aromatic N) is 1. The fourth-order valence-electron chi connectivity index (χ4n) is 6.28. The van der Waals surface area contributed by atoms with Gasteiger partial charge in [0.1, 0.15) is 0 Å². The molecule has 4 aromatic carbocycles. The van der Waals surface area contributed by atoms with Gasteiger partial charge in [-0.2, -0.15) is 0 Å². The monoisotopic (exact) mass is 461 g/mol. The molecular formula is C32H31NO2. The van der Waals surface area contributed by atoms with Gasteiger partial charge in [0.25, 0.3) is 0 Å². The van der Waals surface area contributed by atoms with Crippen molar-refractivity contribution in [2.24, 2.45) is 0 Å². The zero-order valence-electron chi connectivity index (χ0n) is 20.0. The third-order valence-corrected chi connectivity index (χ3v) is 7.86. The first-order valence-electron chi connectivity index (χ1n) is 12.7. The lowest BCUT2D eigenvalue weighted by Gasteiger charge is -2.40. The van der Waals surface area contributed by atoms with Crippen LogP contribution in [0.2, 0.25) is 0 Å². The summed E-state index contributed by atoms with van der Waals surface area (Å²) in [5.74, 6) is -0.318. The third kappa shape index (κ3) is 3.67. The maximum atomic E-state index is 11.3. The molecule has 1 aliphatic carbocycles. The highest BCUT2D eigenvalue weighted by Gasteiger charge is 2.41. The molecule has 1 aromatic heterocycles. The van der Waals surface area contributed by atoms with Crippen LogP contribution >= 0.6 is 0 Å². The molecule has 176 valence electrons. The molecule has 3 nitrogen and oxygen atoms in total. The molecular weight excluding hydrogens is 430 g/mol. The summed E-state index contributed by atoms with van der Waals surface area (Å²) in [5.41, 5.74) is 7.01. The summed E-state index contributed by atoms with van der Waals surface area (Å²) in [4.78, 5) is 0. The van der Waals surface area contributed by atoms with Gasteiger partial charge < -0.3 is 14.8 Å². The van der Waals surface area contributed by atoms with E-state index in [9.17, 15) is 10.2 Å². The minimum Gasteiger partial charge on any atom is -0.392 e. The number of hydrogen-bond donors (Lipinski definition) is 2. The molecule has 2 N–H and O–H groups in total. The largest absolute Gasteiger partial charge is 0.392 e. The smallest absolute Gasteiger partial charge is 0.0617 e. The molecule has 4 atom stereocenters. The molecule has 0 spiro atoms. The van der Waals surface area contributed by atoms with Crippen LogP contribution in [-0.2, 0) is 6.54 Å². The van der Waals surface area contributed by atoms with E-state index in [1.807, 2.05) is 24.3 Å². The van der Waals surface area contributed by atoms with Crippen molar-refractivity contribution >= 4 is 21.8 Å². The van der Waals surface area contributed by atoms with Gasteiger partial charge in [0.15, 0.2) is 0 Å². The minimum atomic E-state index is -0.502. The molecule has 5 aromatic rings. The quantitative estimate of drug-likeness (QED) is 0.307. The molecule has 35 heavy (non-hydrogen) atoms. The van der Waals surface area contributed by atoms with E-state index in [2.05, 4.69) is 84.3 Å². The number of benzene rings is 4. The summed E-state index contributed by atoms with van der Waals surface area (Å²) < 4.78 is 2.39. The molecule has 1 saturated carbocycles. The van der Waals surface area contributed by atoms with Crippen molar-refractivity contribution in [3.63, 3.8) is 0 Å². The zero-order chi connectivity index (χ0) is 23.9. The van der Waals surface area contributed by atoms with E-state index in [0.29, 0.717) is 12.8 Å². The van der Waals surface area contributed by atoms with Crippen LogP contribution in [0, 0.1) is 0 Å². The van der Waals surface area contributed by atoms with Crippen molar-refractivity contribution in [3.05, 3.63) is 108 Å². The Labute approximate surface area is 206 Å². The van der Waals surface area contributed by atoms with E-state index in [0.717, 1.165) is 17.7 Å². The number of hydrogen-bond acceptors (Lipinski definition) is 2. The van der Waals surface area contributed by atoms with Gasteiger partial charge in [-0.3, -0.25) is 0 Å². The van der Waals surface area contributed by atoms with Gasteiger partial charge in [0.05, 0.1) is 17.7 Å². The van der Waals surface area contributed by atoms with Crippen LogP contribution in [0.25, 0.3) is 32.9 Å². The molecule has 0 saturated heterocycles. The van der Waals surface area contributed by atoms with Crippen LogP contribution in [0.15, 0.2) is 97.1 Å². The first kappa shape index (κ1) is 22.1. The SMILES string of the molecule is CCn1c2cc(-c3ccccc3)ccc2c2cccc(C3C(O)CCC(O)C3c3ccccc3)c21. The second-order valence-electron chi connectivity index (χ2n) is 9.76. The number of fused-ring (bicyclic) bond motifs is 3. The predicted octanol–water partition coefficient (Wildman–Crippen LogP) is 6.86. The van der Waals surface area contributed by atoms with Crippen LogP contribution < -0.4 is 0 Å². The molecule has 0 radical (unpaired) electrons. The van der Waals surface area contributed by atoms with Crippen LogP contribution in [0.5, 0.6) is 0 Å². The van der Waals surface area contributed by atoms with Gasteiger partial charge in [-0.1, -0.05) is 91.0 Å². The molecule has 3 heteroatoms. The lowest BCUT2D eigenvalue weighted by molar-refractivity contribution is 0.0166. The van der Waals surface area contributed by atoms with Crippen molar-refractivity contribution < 1.29 is 10.2 Å². The number of aliphatic hydroxyl groups is 2. The van der Waals surface area contributed by atoms with Gasteiger partial charge in [0.2, 0.25) is 0 Å². The molecule has 1 fully saturated rings. The summed E-state index contributed by atoms with van der Waals surface area (Å²) >= 11 is 0. The number of aromatic nitrogens is 1. The fraction of sp³-hybridized carbons (Fsp3) is 0.250. The van der Waals surface area contributed by atoms with Gasteiger partial charge >= 0.3 is 0 Å². The first-order chi connectivity index (χ1) is 17.2. The Morgan fingerprint density at radius 1 is 0.686 bits per heavy atom. The highest BCUT2D eigenvalue weighted by molar-refractivity contribution is 6.10. The second-order valence-corrected chi connectivity index (χ2v) is 9.76. The van der Waals surface area contributed by atoms with E-state index in [1.54, 1.807) is 0 Å². The summed E-state index contributed by atoms with van der Waals surface area (Å²) in [5, 5.41) is 24.9. The van der Waals surface area contributed by atoms with E-state index in [4.69, 9.17) is 0 Å². The van der Waals surface area contributed by atoms with Gasteiger partial charge in [-0.05, 0) is 48.1 Å². The zero-order valence-corrected chi connectivity index (χ0v) is 20.0. The van der Waals surface area contributed by atoms with E-state index in [-0.39, 0.29) is 11.8 Å². The van der Waals surface area contributed by atoms with E-state index in [1.165, 1.54) is 32.9 Å².